The Morgan fingerprint density at radius 1 is 0.522 bits per heavy atom. The highest BCUT2D eigenvalue weighted by atomic mass is 79.9. The second-order valence-corrected chi connectivity index (χ2v) is 12.7. The molecule has 0 N–H and O–H groups in total. The zero-order valence-corrected chi connectivity index (χ0v) is 27.1. The van der Waals surface area contributed by atoms with E-state index in [1.165, 1.54) is 0 Å². The molecule has 2 heterocycles. The van der Waals surface area contributed by atoms with Crippen LogP contribution in [-0.2, 0) is 0 Å². The number of ether oxygens (including phenoxy) is 2. The van der Waals surface area contributed by atoms with Crippen LogP contribution in [-0.4, -0.2) is 22.3 Å². The molecule has 10 heteroatoms. The molecule has 228 valence electrons. The first-order chi connectivity index (χ1) is 22.3. The van der Waals surface area contributed by atoms with Gasteiger partial charge in [0.2, 0.25) is 0 Å². The quantitative estimate of drug-likeness (QED) is 0.132. The fourth-order valence-corrected chi connectivity index (χ4v) is 7.58. The Balaban J connectivity index is 0.000000147. The lowest BCUT2D eigenvalue weighted by molar-refractivity contribution is -0.562. The molecule has 0 saturated carbocycles. The third-order valence-electron chi connectivity index (χ3n) is 8.39. The lowest BCUT2D eigenvalue weighted by Crippen LogP contribution is -2.28. The number of halogens is 2. The predicted molar refractivity (Wildman–Crippen MR) is 183 cm³/mol. The number of rotatable bonds is 4. The van der Waals surface area contributed by atoms with E-state index in [0.29, 0.717) is 11.5 Å². The molecule has 2 aliphatic heterocycles. The normalized spacial score (nSPS) is 19.3. The van der Waals surface area contributed by atoms with Crippen LogP contribution >= 0.6 is 31.9 Å². The van der Waals surface area contributed by atoms with E-state index in [2.05, 4.69) is 31.9 Å². The summed E-state index contributed by atoms with van der Waals surface area (Å²) in [5.74, 6) is 0.283. The van der Waals surface area contributed by atoms with Crippen LogP contribution in [0.25, 0.3) is 21.5 Å². The lowest BCUT2D eigenvalue weighted by atomic mass is 9.88. The van der Waals surface area contributed by atoms with Gasteiger partial charge in [-0.1, -0.05) is 109 Å². The van der Waals surface area contributed by atoms with Gasteiger partial charge in [0.15, 0.2) is 0 Å². The minimum Gasteiger partial charge on any atom is -0.428 e. The fraction of sp³-hybridized carbons (Fsp3) is 0.111. The average molecular weight is 740 g/mol. The summed E-state index contributed by atoms with van der Waals surface area (Å²) in [5.41, 5.74) is 3.53. The highest BCUT2D eigenvalue weighted by Crippen LogP contribution is 2.51. The van der Waals surface area contributed by atoms with Crippen molar-refractivity contribution in [1.82, 2.24) is 0 Å². The smallest absolute Gasteiger partial charge is 0.365 e. The molecule has 8 nitrogen and oxygen atoms in total. The molecule has 8 rings (SSSR count). The molecule has 0 fully saturated rings. The summed E-state index contributed by atoms with van der Waals surface area (Å²) >= 11 is 6.99. The van der Waals surface area contributed by atoms with Crippen molar-refractivity contribution in [2.75, 3.05) is 0 Å². The Morgan fingerprint density at radius 3 is 1.24 bits per heavy atom. The minimum atomic E-state index is -1.12. The number of hydrogen-bond donors (Lipinski definition) is 0. The molecule has 0 saturated heterocycles. The van der Waals surface area contributed by atoms with E-state index in [0.717, 1.165) is 52.7 Å². The zero-order valence-electron chi connectivity index (χ0n) is 24.0. The third-order valence-corrected chi connectivity index (χ3v) is 9.57. The largest absolute Gasteiger partial charge is 0.428 e. The Labute approximate surface area is 280 Å². The van der Waals surface area contributed by atoms with Crippen LogP contribution in [0, 0.1) is 20.2 Å². The van der Waals surface area contributed by atoms with E-state index in [1.807, 2.05) is 121 Å². The first-order valence-electron chi connectivity index (χ1n) is 14.5. The molecule has 2 aliphatic rings. The second-order valence-electron chi connectivity index (χ2n) is 11.0. The molecule has 0 amide bonds. The summed E-state index contributed by atoms with van der Waals surface area (Å²) in [6, 6.07) is 38.7. The van der Waals surface area contributed by atoms with Crippen molar-refractivity contribution in [3.63, 3.8) is 0 Å². The molecule has 46 heavy (non-hydrogen) atoms. The highest BCUT2D eigenvalue weighted by Gasteiger charge is 2.47. The SMILES string of the molecule is O=[N+]([O-])[C@H]1Oc2c(Br)cc3ccccc3c2[C@@H]1c1ccccc1.O=[N+]([O-])[C@H]1Oc2c(Br)cc3ccccc3c2[C@@H]1c1ccccc1. The van der Waals surface area contributed by atoms with Crippen LogP contribution in [0.4, 0.5) is 0 Å². The number of hydrogen-bond acceptors (Lipinski definition) is 6. The van der Waals surface area contributed by atoms with Gasteiger partial charge in [-0.05, 0) is 76.7 Å². The van der Waals surface area contributed by atoms with E-state index >= 15 is 0 Å². The van der Waals surface area contributed by atoms with Gasteiger partial charge < -0.3 is 9.47 Å². The first-order valence-corrected chi connectivity index (χ1v) is 16.0. The molecule has 0 spiro atoms. The lowest BCUT2D eigenvalue weighted by Gasteiger charge is -2.13. The molecule has 4 atom stereocenters. The van der Waals surface area contributed by atoms with Gasteiger partial charge in [-0.3, -0.25) is 20.2 Å². The van der Waals surface area contributed by atoms with Crippen molar-refractivity contribution in [2.45, 2.75) is 24.3 Å². The number of nitro groups is 2. The summed E-state index contributed by atoms with van der Waals surface area (Å²) in [6.45, 7) is 0. The summed E-state index contributed by atoms with van der Waals surface area (Å²) < 4.78 is 13.0. The summed E-state index contributed by atoms with van der Waals surface area (Å²) in [6.07, 6.45) is -2.23. The minimum absolute atomic E-state index is 0.348. The van der Waals surface area contributed by atoms with E-state index in [9.17, 15) is 20.2 Å². The first kappa shape index (κ1) is 29.9. The van der Waals surface area contributed by atoms with Gasteiger partial charge in [0.05, 0.1) is 18.8 Å². The number of benzene rings is 6. The van der Waals surface area contributed by atoms with Crippen molar-refractivity contribution in [1.29, 1.82) is 0 Å². The Kier molecular flexibility index (Phi) is 7.92. The molecule has 0 aliphatic carbocycles. The summed E-state index contributed by atoms with van der Waals surface area (Å²) in [5, 5.41) is 27.2. The van der Waals surface area contributed by atoms with Crippen molar-refractivity contribution in [3.05, 3.63) is 173 Å². The second kappa shape index (κ2) is 12.2. The maximum atomic E-state index is 11.6. The van der Waals surface area contributed by atoms with Crippen molar-refractivity contribution < 1.29 is 19.3 Å². The highest BCUT2D eigenvalue weighted by molar-refractivity contribution is 9.11. The number of fused-ring (bicyclic) bond motifs is 6. The Bertz CT molecular complexity index is 1970. The van der Waals surface area contributed by atoms with Gasteiger partial charge in [0.25, 0.3) is 0 Å². The average Bonchev–Trinajstić information content (AvgIpc) is 3.68. The van der Waals surface area contributed by atoms with Crippen LogP contribution in [0.2, 0.25) is 0 Å². The summed E-state index contributed by atoms with van der Waals surface area (Å²) in [4.78, 5) is 22.4. The van der Waals surface area contributed by atoms with Crippen molar-refractivity contribution >= 4 is 53.4 Å². The van der Waals surface area contributed by atoms with Gasteiger partial charge in [-0.2, -0.15) is 0 Å². The van der Waals surface area contributed by atoms with E-state index in [4.69, 9.17) is 9.47 Å². The van der Waals surface area contributed by atoms with Gasteiger partial charge in [-0.25, -0.2) is 0 Å². The molecule has 0 unspecified atom stereocenters. The van der Waals surface area contributed by atoms with Gasteiger partial charge in [0, 0.05) is 11.1 Å². The fourth-order valence-electron chi connectivity index (χ4n) is 6.48. The van der Waals surface area contributed by atoms with E-state index in [1.54, 1.807) is 0 Å². The van der Waals surface area contributed by atoms with Gasteiger partial charge >= 0.3 is 12.5 Å². The van der Waals surface area contributed by atoms with Crippen LogP contribution in [0.15, 0.2) is 130 Å². The molecule has 6 aromatic carbocycles. The standard InChI is InChI=1S/2C18H12BrNO3/c2*19-14-10-12-8-4-5-9-13(12)16-15(11-6-2-1-3-7-11)18(20(21)22)23-17(14)16/h2*1-10,15,18H/t2*15-,18-/m00/s1. The van der Waals surface area contributed by atoms with Crippen LogP contribution in [0.3, 0.4) is 0 Å². The molecule has 6 aromatic rings. The zero-order chi connectivity index (χ0) is 31.9. The van der Waals surface area contributed by atoms with Gasteiger partial charge in [-0.15, -0.1) is 0 Å². The van der Waals surface area contributed by atoms with E-state index in [-0.39, 0.29) is 9.85 Å². The monoisotopic (exact) mass is 738 g/mol. The molecular weight excluding hydrogens is 716 g/mol. The molecule has 0 aromatic heterocycles. The number of nitrogens with zero attached hydrogens (tertiary/aromatic N) is 2. The Hall–Kier alpha value is -4.80. The van der Waals surface area contributed by atoms with Crippen LogP contribution in [0.1, 0.15) is 34.1 Å². The molecular formula is C36H24Br2N2O6. The Morgan fingerprint density at radius 2 is 0.870 bits per heavy atom. The molecule has 0 radical (unpaired) electrons. The topological polar surface area (TPSA) is 105 Å². The maximum absolute atomic E-state index is 11.6. The predicted octanol–water partition coefficient (Wildman–Crippen LogP) is 9.46. The summed E-state index contributed by atoms with van der Waals surface area (Å²) in [7, 11) is 0. The van der Waals surface area contributed by atoms with Gasteiger partial charge in [0.1, 0.15) is 23.3 Å². The molecule has 0 bridgehead atoms. The van der Waals surface area contributed by atoms with Crippen molar-refractivity contribution in [3.8, 4) is 11.5 Å². The van der Waals surface area contributed by atoms with Crippen molar-refractivity contribution in [2.24, 2.45) is 0 Å². The van der Waals surface area contributed by atoms with Crippen LogP contribution < -0.4 is 9.47 Å². The van der Waals surface area contributed by atoms with Crippen LogP contribution in [0.5, 0.6) is 11.5 Å². The maximum Gasteiger partial charge on any atom is 0.365 e. The third kappa shape index (κ3) is 5.17. The van der Waals surface area contributed by atoms with E-state index < -0.39 is 24.3 Å².